The number of hydrogen-bond acceptors (Lipinski definition) is 6. The van der Waals surface area contributed by atoms with Gasteiger partial charge in [-0.3, -0.25) is 9.74 Å². The van der Waals surface area contributed by atoms with E-state index in [-0.39, 0.29) is 12.4 Å². The number of carbonyl (C=O) groups excluding carboxylic acids is 1. The number of aromatic nitrogens is 3. The summed E-state index contributed by atoms with van der Waals surface area (Å²) in [5.41, 5.74) is 7.77. The van der Waals surface area contributed by atoms with E-state index in [2.05, 4.69) is 44.4 Å². The summed E-state index contributed by atoms with van der Waals surface area (Å²) in [4.78, 5) is 28.4. The van der Waals surface area contributed by atoms with Gasteiger partial charge in [0.15, 0.2) is 11.0 Å². The molecule has 0 bridgehead atoms. The van der Waals surface area contributed by atoms with Gasteiger partial charge in [-0.1, -0.05) is 67.2 Å². The van der Waals surface area contributed by atoms with Crippen molar-refractivity contribution in [2.24, 2.45) is 4.99 Å². The Bertz CT molecular complexity index is 1670. The number of urea groups is 1. The first-order chi connectivity index (χ1) is 20.2. The minimum atomic E-state index is -4.75. The molecule has 1 fully saturated rings. The van der Waals surface area contributed by atoms with Gasteiger partial charge in [-0.25, -0.2) is 19.9 Å². The summed E-state index contributed by atoms with van der Waals surface area (Å²) in [6.07, 6.45) is -1.09. The highest BCUT2D eigenvalue weighted by Crippen LogP contribution is 2.42. The lowest BCUT2D eigenvalue weighted by atomic mass is 9.94. The van der Waals surface area contributed by atoms with Crippen LogP contribution in [0.3, 0.4) is 0 Å². The minimum Gasteiger partial charge on any atom is -0.406 e. The molecule has 0 radical (unpaired) electrons. The van der Waals surface area contributed by atoms with Crippen LogP contribution in [0.15, 0.2) is 95.9 Å². The maximum Gasteiger partial charge on any atom is 0.573 e. The summed E-state index contributed by atoms with van der Waals surface area (Å²) in [6.45, 7) is 2.27. The number of nitrogens with zero attached hydrogens (tertiary/aromatic N) is 5. The van der Waals surface area contributed by atoms with Crippen LogP contribution < -0.4 is 15.1 Å². The first kappa shape index (κ1) is 27.5. The predicted octanol–water partition coefficient (Wildman–Crippen LogP) is 6.58. The Morgan fingerprint density at radius 3 is 2.62 bits per heavy atom. The van der Waals surface area contributed by atoms with E-state index in [1.807, 2.05) is 35.2 Å². The highest BCUT2D eigenvalue weighted by Gasteiger charge is 2.33. The summed E-state index contributed by atoms with van der Waals surface area (Å²) in [6, 6.07) is 20.1. The Kier molecular flexibility index (Phi) is 7.43. The van der Waals surface area contributed by atoms with E-state index in [1.54, 1.807) is 12.1 Å². The molecule has 0 spiro atoms. The summed E-state index contributed by atoms with van der Waals surface area (Å²) < 4.78 is 42.5. The number of halogens is 3. The third kappa shape index (κ3) is 6.02. The van der Waals surface area contributed by atoms with E-state index in [0.29, 0.717) is 22.6 Å². The van der Waals surface area contributed by atoms with Crippen LogP contribution in [0, 0.1) is 0 Å². The Morgan fingerprint density at radius 2 is 1.86 bits per heavy atom. The van der Waals surface area contributed by atoms with Crippen molar-refractivity contribution in [3.05, 3.63) is 102 Å². The smallest absolute Gasteiger partial charge is 0.406 e. The number of anilines is 1. The number of thioether (sulfide) groups is 1. The predicted molar refractivity (Wildman–Crippen MR) is 152 cm³/mol. The van der Waals surface area contributed by atoms with Gasteiger partial charge in [0.25, 0.3) is 0 Å². The number of ether oxygens (including phenoxy) is 1. The van der Waals surface area contributed by atoms with Crippen molar-refractivity contribution in [1.82, 2.24) is 20.2 Å². The molecule has 4 aromatic rings. The van der Waals surface area contributed by atoms with Gasteiger partial charge >= 0.3 is 12.4 Å². The Balaban J connectivity index is 1.04. The third-order valence-corrected chi connectivity index (χ3v) is 7.54. The molecule has 3 aromatic carbocycles. The molecule has 6 rings (SSSR count). The van der Waals surface area contributed by atoms with Gasteiger partial charge in [-0.05, 0) is 41.5 Å². The van der Waals surface area contributed by atoms with Gasteiger partial charge in [-0.2, -0.15) is 4.99 Å². The van der Waals surface area contributed by atoms with Crippen molar-refractivity contribution in [1.29, 1.82) is 0 Å². The number of para-hydroxylation sites is 1. The average Bonchev–Trinajstić information content (AvgIpc) is 3.61. The number of rotatable bonds is 6. The van der Waals surface area contributed by atoms with Crippen molar-refractivity contribution < 1.29 is 27.5 Å². The number of benzene rings is 3. The van der Waals surface area contributed by atoms with Crippen LogP contribution in [-0.4, -0.2) is 38.1 Å². The lowest BCUT2D eigenvalue weighted by Crippen LogP contribution is -2.29. The van der Waals surface area contributed by atoms with E-state index >= 15 is 0 Å². The number of amides is 2. The molecule has 214 valence electrons. The molecule has 2 aliphatic rings. The number of fused-ring (bicyclic) bond motifs is 3. The Hall–Kier alpha value is -4.62. The fraction of sp³-hybridized carbons (Fsp3) is 0.172. The zero-order valence-corrected chi connectivity index (χ0v) is 22.9. The summed E-state index contributed by atoms with van der Waals surface area (Å²) in [5, 5.41) is 5.00. The second-order valence-electron chi connectivity index (χ2n) is 9.47. The quantitative estimate of drug-likeness (QED) is 0.253. The molecule has 1 atom stereocenters. The van der Waals surface area contributed by atoms with Crippen molar-refractivity contribution in [3.8, 4) is 22.8 Å². The standard InChI is InChI=1S/C29H23F3N6O3S/c1-18-14-22-16-42-28(38(22)25-5-3-2-4-24(18)25)34-27(39)36-40-15-19-6-8-20(9-7-19)26-33-17-37(35-26)21-10-12-23(13-11-21)41-29(30,31)32/h2-14,17-18H,15-16H2,1H3,(H,36,39)/b34-28-. The van der Waals surface area contributed by atoms with Crippen LogP contribution in [-0.2, 0) is 11.4 Å². The minimum absolute atomic E-state index is 0.118. The zero-order valence-electron chi connectivity index (χ0n) is 22.1. The number of hydrogen-bond donors (Lipinski definition) is 1. The molecule has 9 nitrogen and oxygen atoms in total. The van der Waals surface area contributed by atoms with E-state index in [1.165, 1.54) is 52.6 Å². The molecule has 1 N–H and O–H groups in total. The molecule has 1 aromatic heterocycles. The average molecular weight is 593 g/mol. The summed E-state index contributed by atoms with van der Waals surface area (Å²) in [5.74, 6) is 1.15. The van der Waals surface area contributed by atoms with Gasteiger partial charge in [0.05, 0.1) is 18.0 Å². The first-order valence-electron chi connectivity index (χ1n) is 12.8. The van der Waals surface area contributed by atoms with Crippen molar-refractivity contribution in [2.45, 2.75) is 25.8 Å². The fourth-order valence-corrected chi connectivity index (χ4v) is 5.66. The van der Waals surface area contributed by atoms with Crippen LogP contribution in [0.1, 0.15) is 24.0 Å². The molecule has 3 heterocycles. The third-order valence-electron chi connectivity index (χ3n) is 6.57. The SMILES string of the molecule is CC1C=C2CS/C(=N\C(=O)NOCc3ccc(-c4ncn(-c5ccc(OC(F)(F)F)cc5)n4)cc3)N2c2ccccc21. The molecule has 0 aliphatic carbocycles. The molecule has 2 aliphatic heterocycles. The number of alkyl halides is 3. The van der Waals surface area contributed by atoms with Gasteiger partial charge in [0, 0.05) is 22.9 Å². The maximum atomic E-state index is 12.5. The van der Waals surface area contributed by atoms with Gasteiger partial charge in [0.2, 0.25) is 0 Å². The van der Waals surface area contributed by atoms with Crippen molar-refractivity contribution in [2.75, 3.05) is 10.7 Å². The van der Waals surface area contributed by atoms with Gasteiger partial charge in [0.1, 0.15) is 12.1 Å². The second-order valence-corrected chi connectivity index (χ2v) is 10.4. The molecular weight excluding hydrogens is 569 g/mol. The number of amidine groups is 1. The lowest BCUT2D eigenvalue weighted by molar-refractivity contribution is -0.274. The first-order valence-corrected chi connectivity index (χ1v) is 13.8. The number of hydroxylamine groups is 1. The molecule has 2 amide bonds. The zero-order chi connectivity index (χ0) is 29.3. The monoisotopic (exact) mass is 592 g/mol. The second kappa shape index (κ2) is 11.3. The van der Waals surface area contributed by atoms with E-state index < -0.39 is 12.4 Å². The summed E-state index contributed by atoms with van der Waals surface area (Å²) >= 11 is 1.50. The van der Waals surface area contributed by atoms with Gasteiger partial charge in [-0.15, -0.1) is 18.3 Å². The highest BCUT2D eigenvalue weighted by atomic mass is 32.2. The Labute approximate surface area is 242 Å². The number of aliphatic imine (C=N–C) groups is 1. The molecule has 0 saturated carbocycles. The van der Waals surface area contributed by atoms with Crippen molar-refractivity contribution >= 4 is 28.6 Å². The largest absolute Gasteiger partial charge is 0.573 e. The number of allylic oxidation sites excluding steroid dienone is 1. The van der Waals surface area contributed by atoms with Crippen LogP contribution >= 0.6 is 11.8 Å². The molecule has 13 heteroatoms. The topological polar surface area (TPSA) is 93.9 Å². The molecular formula is C29H23F3N6O3S. The van der Waals surface area contributed by atoms with E-state index in [4.69, 9.17) is 4.84 Å². The lowest BCUT2D eigenvalue weighted by Gasteiger charge is -2.29. The molecule has 1 saturated heterocycles. The van der Waals surface area contributed by atoms with Gasteiger partial charge < -0.3 is 4.74 Å². The Morgan fingerprint density at radius 1 is 1.10 bits per heavy atom. The fourth-order valence-electron chi connectivity index (χ4n) is 4.67. The highest BCUT2D eigenvalue weighted by molar-refractivity contribution is 8.14. The van der Waals surface area contributed by atoms with E-state index in [9.17, 15) is 18.0 Å². The van der Waals surface area contributed by atoms with Crippen LogP contribution in [0.5, 0.6) is 5.75 Å². The summed E-state index contributed by atoms with van der Waals surface area (Å²) in [7, 11) is 0. The maximum absolute atomic E-state index is 12.5. The van der Waals surface area contributed by atoms with Crippen LogP contribution in [0.4, 0.5) is 23.7 Å². The number of nitrogens with one attached hydrogen (secondary N) is 1. The molecule has 42 heavy (non-hydrogen) atoms. The number of carbonyl (C=O) groups is 1. The molecule has 1 unspecified atom stereocenters. The van der Waals surface area contributed by atoms with Crippen LogP contribution in [0.25, 0.3) is 17.1 Å². The van der Waals surface area contributed by atoms with Crippen molar-refractivity contribution in [3.63, 3.8) is 0 Å². The normalized spacial score (nSPS) is 17.0. The van der Waals surface area contributed by atoms with E-state index in [0.717, 1.165) is 28.3 Å². The van der Waals surface area contributed by atoms with Crippen LogP contribution in [0.2, 0.25) is 0 Å².